The molecule has 1 unspecified atom stereocenters. The van der Waals surface area contributed by atoms with E-state index in [1.807, 2.05) is 35.7 Å². The van der Waals surface area contributed by atoms with Crippen LogP contribution in [0.2, 0.25) is 0 Å². The molecule has 2 N–H and O–H groups in total. The number of hydrogen-bond donors (Lipinski definition) is 2. The summed E-state index contributed by atoms with van der Waals surface area (Å²) in [7, 11) is 0. The average Bonchev–Trinajstić information content (AvgIpc) is 3.04. The number of aliphatic hydroxyl groups excluding tert-OH is 1. The molecule has 1 aromatic carbocycles. The minimum atomic E-state index is -0.821. The molecule has 0 amide bonds. The van der Waals surface area contributed by atoms with Crippen molar-refractivity contribution in [2.45, 2.75) is 13.0 Å². The molecule has 0 saturated heterocycles. The zero-order valence-electron chi connectivity index (χ0n) is 11.9. The second-order valence-corrected chi connectivity index (χ2v) is 5.84. The van der Waals surface area contributed by atoms with E-state index >= 15 is 0 Å². The Morgan fingerprint density at radius 1 is 1.18 bits per heavy atom. The van der Waals surface area contributed by atoms with E-state index in [1.54, 1.807) is 22.8 Å². The number of rotatable bonds is 3. The van der Waals surface area contributed by atoms with Crippen LogP contribution >= 0.6 is 11.3 Å². The Morgan fingerprint density at radius 2 is 2.00 bits per heavy atom. The molecule has 3 aromatic rings. The molecule has 0 aliphatic rings. The average molecular weight is 313 g/mol. The minimum Gasteiger partial charge on any atom is -0.503 e. The third kappa shape index (κ3) is 2.68. The van der Waals surface area contributed by atoms with E-state index in [2.05, 4.69) is 5.38 Å². The van der Waals surface area contributed by atoms with Crippen LogP contribution in [-0.2, 0) is 0 Å². The standard InChI is InChI=1S/C17H15NO3S/c1-11(19)15-8-16(20)17(21)9-18(15)14-4-2-3-12(7-14)13-5-6-22-10-13/h2-11,19,21H,1H3. The van der Waals surface area contributed by atoms with Gasteiger partial charge in [0.15, 0.2) is 5.75 Å². The second-order valence-electron chi connectivity index (χ2n) is 5.06. The molecule has 0 aliphatic carbocycles. The van der Waals surface area contributed by atoms with Crippen molar-refractivity contribution in [1.82, 2.24) is 4.57 Å². The summed E-state index contributed by atoms with van der Waals surface area (Å²) in [6.07, 6.45) is 0.523. The van der Waals surface area contributed by atoms with Gasteiger partial charge in [0.2, 0.25) is 5.43 Å². The number of thiophene rings is 1. The third-order valence-corrected chi connectivity index (χ3v) is 4.15. The fraction of sp³-hybridized carbons (Fsp3) is 0.118. The van der Waals surface area contributed by atoms with E-state index in [9.17, 15) is 15.0 Å². The summed E-state index contributed by atoms with van der Waals surface area (Å²) < 4.78 is 1.64. The molecular formula is C17H15NO3S. The SMILES string of the molecule is CC(O)c1cc(=O)c(O)cn1-c1cccc(-c2ccsc2)c1. The molecule has 5 heteroatoms. The Balaban J connectivity index is 2.17. The Morgan fingerprint density at radius 3 is 2.68 bits per heavy atom. The first kappa shape index (κ1) is 14.6. The highest BCUT2D eigenvalue weighted by Crippen LogP contribution is 2.26. The van der Waals surface area contributed by atoms with Crippen LogP contribution < -0.4 is 5.43 Å². The van der Waals surface area contributed by atoms with Crippen LogP contribution in [0.3, 0.4) is 0 Å². The lowest BCUT2D eigenvalue weighted by Gasteiger charge is -2.16. The number of aromatic nitrogens is 1. The summed E-state index contributed by atoms with van der Waals surface area (Å²) in [6, 6.07) is 11.0. The molecule has 112 valence electrons. The maximum Gasteiger partial charge on any atom is 0.223 e. The van der Waals surface area contributed by atoms with Gasteiger partial charge in [-0.15, -0.1) is 0 Å². The largest absolute Gasteiger partial charge is 0.503 e. The minimum absolute atomic E-state index is 0.342. The fourth-order valence-electron chi connectivity index (χ4n) is 2.35. The van der Waals surface area contributed by atoms with Crippen molar-refractivity contribution in [2.75, 3.05) is 0 Å². The Kier molecular flexibility index (Phi) is 3.83. The van der Waals surface area contributed by atoms with Crippen LogP contribution in [0.15, 0.2) is 58.1 Å². The Hall–Kier alpha value is -2.37. The third-order valence-electron chi connectivity index (χ3n) is 3.47. The predicted molar refractivity (Wildman–Crippen MR) is 87.7 cm³/mol. The summed E-state index contributed by atoms with van der Waals surface area (Å²) in [5, 5.41) is 23.7. The maximum atomic E-state index is 11.6. The summed E-state index contributed by atoms with van der Waals surface area (Å²) in [5.41, 5.74) is 2.85. The van der Waals surface area contributed by atoms with Crippen LogP contribution in [0.1, 0.15) is 18.7 Å². The fourth-order valence-corrected chi connectivity index (χ4v) is 3.01. The molecule has 0 aliphatic heterocycles. The topological polar surface area (TPSA) is 62.5 Å². The van der Waals surface area contributed by atoms with E-state index in [0.29, 0.717) is 5.69 Å². The second kappa shape index (κ2) is 5.79. The first-order valence-electron chi connectivity index (χ1n) is 6.83. The zero-order chi connectivity index (χ0) is 15.7. The number of nitrogens with zero attached hydrogens (tertiary/aromatic N) is 1. The summed E-state index contributed by atoms with van der Waals surface area (Å²) in [5.74, 6) is -0.342. The van der Waals surface area contributed by atoms with Gasteiger partial charge in [0.1, 0.15) is 0 Å². The highest BCUT2D eigenvalue weighted by Gasteiger charge is 2.12. The summed E-state index contributed by atoms with van der Waals surface area (Å²) in [4.78, 5) is 11.6. The van der Waals surface area contributed by atoms with Gasteiger partial charge in [-0.1, -0.05) is 12.1 Å². The molecule has 0 fully saturated rings. The molecule has 0 spiro atoms. The first-order chi connectivity index (χ1) is 10.6. The lowest BCUT2D eigenvalue weighted by Crippen LogP contribution is -2.13. The van der Waals surface area contributed by atoms with Crippen molar-refractivity contribution in [2.24, 2.45) is 0 Å². The highest BCUT2D eigenvalue weighted by molar-refractivity contribution is 7.08. The highest BCUT2D eigenvalue weighted by atomic mass is 32.1. The molecule has 4 nitrogen and oxygen atoms in total. The number of aromatic hydroxyl groups is 1. The molecule has 22 heavy (non-hydrogen) atoms. The van der Waals surface area contributed by atoms with Crippen LogP contribution in [-0.4, -0.2) is 14.8 Å². The zero-order valence-corrected chi connectivity index (χ0v) is 12.7. The van der Waals surface area contributed by atoms with Crippen molar-refractivity contribution in [3.63, 3.8) is 0 Å². The molecule has 0 bridgehead atoms. The Labute approximate surface area is 131 Å². The molecule has 3 rings (SSSR count). The van der Waals surface area contributed by atoms with E-state index in [4.69, 9.17) is 0 Å². The van der Waals surface area contributed by atoms with Crippen LogP contribution in [0.5, 0.6) is 5.75 Å². The van der Waals surface area contributed by atoms with Gasteiger partial charge >= 0.3 is 0 Å². The summed E-state index contributed by atoms with van der Waals surface area (Å²) >= 11 is 1.62. The smallest absolute Gasteiger partial charge is 0.223 e. The Bertz CT molecular complexity index is 851. The van der Waals surface area contributed by atoms with Gasteiger partial charge in [-0.25, -0.2) is 0 Å². The van der Waals surface area contributed by atoms with Gasteiger partial charge in [-0.2, -0.15) is 11.3 Å². The van der Waals surface area contributed by atoms with E-state index in [0.717, 1.165) is 16.8 Å². The predicted octanol–water partition coefficient (Wildman–Crippen LogP) is 3.32. The molecule has 0 saturated carbocycles. The van der Waals surface area contributed by atoms with Crippen molar-refractivity contribution >= 4 is 11.3 Å². The lowest BCUT2D eigenvalue weighted by molar-refractivity contribution is 0.191. The van der Waals surface area contributed by atoms with Crippen LogP contribution in [0.25, 0.3) is 16.8 Å². The monoisotopic (exact) mass is 313 g/mol. The van der Waals surface area contributed by atoms with Crippen LogP contribution in [0, 0.1) is 0 Å². The van der Waals surface area contributed by atoms with Crippen molar-refractivity contribution in [3.8, 4) is 22.6 Å². The van der Waals surface area contributed by atoms with Crippen molar-refractivity contribution < 1.29 is 10.2 Å². The normalized spacial score (nSPS) is 12.3. The molecular weight excluding hydrogens is 298 g/mol. The molecule has 2 heterocycles. The van der Waals surface area contributed by atoms with E-state index in [1.165, 1.54) is 12.3 Å². The van der Waals surface area contributed by atoms with E-state index in [-0.39, 0.29) is 5.75 Å². The number of hydrogen-bond acceptors (Lipinski definition) is 4. The van der Waals surface area contributed by atoms with Gasteiger partial charge in [0.25, 0.3) is 0 Å². The van der Waals surface area contributed by atoms with Crippen LogP contribution in [0.4, 0.5) is 0 Å². The van der Waals surface area contributed by atoms with Gasteiger partial charge in [0.05, 0.1) is 18.0 Å². The van der Waals surface area contributed by atoms with E-state index < -0.39 is 11.5 Å². The summed E-state index contributed by atoms with van der Waals surface area (Å²) in [6.45, 7) is 1.59. The van der Waals surface area contributed by atoms with Crippen molar-refractivity contribution in [1.29, 1.82) is 0 Å². The molecule has 0 radical (unpaired) electrons. The van der Waals surface area contributed by atoms with Gasteiger partial charge in [0, 0.05) is 11.8 Å². The van der Waals surface area contributed by atoms with Crippen molar-refractivity contribution in [3.05, 3.63) is 69.3 Å². The van der Waals surface area contributed by atoms with Gasteiger partial charge in [-0.05, 0) is 47.0 Å². The van der Waals surface area contributed by atoms with Gasteiger partial charge < -0.3 is 14.8 Å². The first-order valence-corrected chi connectivity index (χ1v) is 7.77. The number of benzene rings is 1. The number of pyridine rings is 1. The lowest BCUT2D eigenvalue weighted by atomic mass is 10.1. The quantitative estimate of drug-likeness (QED) is 0.779. The maximum absolute atomic E-state index is 11.6. The molecule has 1 atom stereocenters. The number of aliphatic hydroxyl groups is 1. The van der Waals surface area contributed by atoms with Gasteiger partial charge in [-0.3, -0.25) is 4.79 Å². The molecule has 2 aromatic heterocycles.